The second kappa shape index (κ2) is 5.59. The molecule has 84 valence electrons. The van der Waals surface area contributed by atoms with Gasteiger partial charge in [-0.1, -0.05) is 23.2 Å². The average Bonchev–Trinajstić information content (AvgIpc) is 2.13. The second-order valence-corrected chi connectivity index (χ2v) is 4.44. The molecule has 2 N–H and O–H groups in total. The Labute approximate surface area is 100 Å². The van der Waals surface area contributed by atoms with E-state index in [4.69, 9.17) is 33.7 Å². The van der Waals surface area contributed by atoms with E-state index in [0.717, 1.165) is 18.4 Å². The van der Waals surface area contributed by atoms with E-state index in [1.54, 1.807) is 13.2 Å². The van der Waals surface area contributed by atoms with E-state index in [-0.39, 0.29) is 6.04 Å². The predicted octanol–water partition coefficient (Wildman–Crippen LogP) is 3.28. The van der Waals surface area contributed by atoms with Gasteiger partial charge in [-0.15, -0.1) is 0 Å². The van der Waals surface area contributed by atoms with Gasteiger partial charge in [-0.3, -0.25) is 0 Å². The Morgan fingerprint density at radius 3 is 2.60 bits per heavy atom. The molecule has 0 aliphatic carbocycles. The number of ether oxygens (including phenoxy) is 1. The van der Waals surface area contributed by atoms with Gasteiger partial charge in [0.2, 0.25) is 0 Å². The Kier molecular flexibility index (Phi) is 4.71. The number of hydrogen-bond acceptors (Lipinski definition) is 2. The van der Waals surface area contributed by atoms with Crippen molar-refractivity contribution < 1.29 is 4.74 Å². The summed E-state index contributed by atoms with van der Waals surface area (Å²) >= 11 is 11.9. The number of nitrogens with two attached hydrogens (primary N) is 1. The fourth-order valence-corrected chi connectivity index (χ4v) is 2.02. The maximum Gasteiger partial charge on any atom is 0.140 e. The molecule has 0 amide bonds. The van der Waals surface area contributed by atoms with E-state index in [9.17, 15) is 0 Å². The lowest BCUT2D eigenvalue weighted by molar-refractivity contribution is 0.409. The van der Waals surface area contributed by atoms with E-state index >= 15 is 0 Å². The average molecular weight is 248 g/mol. The molecule has 1 unspecified atom stereocenters. The molecule has 0 aliphatic rings. The highest BCUT2D eigenvalue weighted by atomic mass is 35.5. The minimum absolute atomic E-state index is 0.160. The maximum absolute atomic E-state index is 6.01. The number of aryl methyl sites for hydroxylation is 1. The van der Waals surface area contributed by atoms with Crippen LogP contribution in [0.1, 0.15) is 18.9 Å². The van der Waals surface area contributed by atoms with Crippen molar-refractivity contribution in [3.8, 4) is 5.75 Å². The summed E-state index contributed by atoms with van der Waals surface area (Å²) < 4.78 is 5.23. The fraction of sp³-hybridized carbons (Fsp3) is 0.455. The molecule has 0 spiro atoms. The van der Waals surface area contributed by atoms with E-state index in [1.807, 2.05) is 13.0 Å². The Bertz CT molecular complexity index is 340. The normalized spacial score (nSPS) is 12.6. The summed E-state index contributed by atoms with van der Waals surface area (Å²) in [7, 11) is 1.60. The Morgan fingerprint density at radius 1 is 1.40 bits per heavy atom. The van der Waals surface area contributed by atoms with Crippen molar-refractivity contribution in [2.24, 2.45) is 5.73 Å². The molecule has 0 radical (unpaired) electrons. The number of hydrogen-bond donors (Lipinski definition) is 1. The lowest BCUT2D eigenvalue weighted by atomic mass is 10.1. The van der Waals surface area contributed by atoms with Crippen LogP contribution in [-0.2, 0) is 6.42 Å². The molecule has 0 saturated carbocycles. The van der Waals surface area contributed by atoms with Crippen molar-refractivity contribution in [2.45, 2.75) is 25.8 Å². The maximum atomic E-state index is 6.01. The summed E-state index contributed by atoms with van der Waals surface area (Å²) in [6, 6.07) is 3.71. The zero-order valence-electron chi connectivity index (χ0n) is 8.89. The molecular weight excluding hydrogens is 233 g/mol. The number of methoxy groups -OCH3 is 1. The smallest absolute Gasteiger partial charge is 0.140 e. The van der Waals surface area contributed by atoms with Crippen LogP contribution >= 0.6 is 23.2 Å². The van der Waals surface area contributed by atoms with Gasteiger partial charge in [-0.2, -0.15) is 0 Å². The molecule has 0 fully saturated rings. The Balaban J connectivity index is 2.93. The van der Waals surface area contributed by atoms with Crippen molar-refractivity contribution in [1.29, 1.82) is 0 Å². The zero-order valence-corrected chi connectivity index (χ0v) is 10.4. The third-order valence-electron chi connectivity index (χ3n) is 2.16. The summed E-state index contributed by atoms with van der Waals surface area (Å²) in [5.74, 6) is 0.696. The molecule has 0 heterocycles. The van der Waals surface area contributed by atoms with Gasteiger partial charge in [0.15, 0.2) is 0 Å². The molecule has 0 saturated heterocycles. The highest BCUT2D eigenvalue weighted by molar-refractivity contribution is 6.35. The van der Waals surface area contributed by atoms with Gasteiger partial charge in [0.05, 0.1) is 12.1 Å². The first-order valence-corrected chi connectivity index (χ1v) is 5.57. The first-order valence-electron chi connectivity index (χ1n) is 4.82. The first kappa shape index (κ1) is 12.6. The van der Waals surface area contributed by atoms with E-state index in [0.29, 0.717) is 15.8 Å². The van der Waals surface area contributed by atoms with E-state index in [1.165, 1.54) is 0 Å². The number of benzene rings is 1. The summed E-state index contributed by atoms with van der Waals surface area (Å²) in [6.45, 7) is 1.97. The van der Waals surface area contributed by atoms with Crippen LogP contribution in [-0.4, -0.2) is 13.2 Å². The molecule has 0 aliphatic heterocycles. The monoisotopic (exact) mass is 247 g/mol. The lowest BCUT2D eigenvalue weighted by Gasteiger charge is -2.12. The van der Waals surface area contributed by atoms with Gasteiger partial charge < -0.3 is 10.5 Å². The number of rotatable bonds is 4. The molecular formula is C11H15Cl2NO. The van der Waals surface area contributed by atoms with Crippen LogP contribution in [0.4, 0.5) is 0 Å². The van der Waals surface area contributed by atoms with Crippen molar-refractivity contribution in [3.05, 3.63) is 27.7 Å². The standard InChI is InChI=1S/C11H15Cl2NO/c1-7(14)3-4-8-5-9(12)6-10(13)11(8)15-2/h5-7H,3-4,14H2,1-2H3. The molecule has 15 heavy (non-hydrogen) atoms. The van der Waals surface area contributed by atoms with Crippen molar-refractivity contribution in [3.63, 3.8) is 0 Å². The molecule has 1 atom stereocenters. The zero-order chi connectivity index (χ0) is 11.4. The van der Waals surface area contributed by atoms with Crippen molar-refractivity contribution in [2.75, 3.05) is 7.11 Å². The molecule has 1 aromatic carbocycles. The Morgan fingerprint density at radius 2 is 2.07 bits per heavy atom. The van der Waals surface area contributed by atoms with Crippen LogP contribution in [0.25, 0.3) is 0 Å². The molecule has 1 rings (SSSR count). The lowest BCUT2D eigenvalue weighted by Crippen LogP contribution is -2.15. The highest BCUT2D eigenvalue weighted by Gasteiger charge is 2.10. The van der Waals surface area contributed by atoms with E-state index in [2.05, 4.69) is 0 Å². The van der Waals surface area contributed by atoms with Gasteiger partial charge in [0.1, 0.15) is 5.75 Å². The van der Waals surface area contributed by atoms with Crippen molar-refractivity contribution >= 4 is 23.2 Å². The number of halogens is 2. The van der Waals surface area contributed by atoms with Gasteiger partial charge in [-0.05, 0) is 37.5 Å². The molecule has 4 heteroatoms. The topological polar surface area (TPSA) is 35.2 Å². The molecule has 0 aromatic heterocycles. The van der Waals surface area contributed by atoms with E-state index < -0.39 is 0 Å². The second-order valence-electron chi connectivity index (χ2n) is 3.60. The fourth-order valence-electron chi connectivity index (χ4n) is 1.41. The van der Waals surface area contributed by atoms with Crippen LogP contribution < -0.4 is 10.5 Å². The van der Waals surface area contributed by atoms with Gasteiger partial charge in [0, 0.05) is 11.1 Å². The predicted molar refractivity (Wildman–Crippen MR) is 65.0 cm³/mol. The van der Waals surface area contributed by atoms with Crippen LogP contribution in [0.5, 0.6) is 5.75 Å². The first-order chi connectivity index (χ1) is 7.04. The molecule has 1 aromatic rings. The van der Waals surface area contributed by atoms with Gasteiger partial charge in [-0.25, -0.2) is 0 Å². The summed E-state index contributed by atoms with van der Waals surface area (Å²) in [5.41, 5.74) is 6.71. The van der Waals surface area contributed by atoms with Crippen LogP contribution in [0, 0.1) is 0 Å². The largest absolute Gasteiger partial charge is 0.495 e. The molecule has 0 bridgehead atoms. The quantitative estimate of drug-likeness (QED) is 0.887. The summed E-state index contributed by atoms with van der Waals surface area (Å²) in [6.07, 6.45) is 1.70. The van der Waals surface area contributed by atoms with Crippen LogP contribution in [0.15, 0.2) is 12.1 Å². The summed E-state index contributed by atoms with van der Waals surface area (Å²) in [5, 5.41) is 1.17. The summed E-state index contributed by atoms with van der Waals surface area (Å²) in [4.78, 5) is 0. The van der Waals surface area contributed by atoms with Crippen LogP contribution in [0.2, 0.25) is 10.0 Å². The Hall–Kier alpha value is -0.440. The van der Waals surface area contributed by atoms with Crippen LogP contribution in [0.3, 0.4) is 0 Å². The van der Waals surface area contributed by atoms with Gasteiger partial charge in [0.25, 0.3) is 0 Å². The van der Waals surface area contributed by atoms with Gasteiger partial charge >= 0.3 is 0 Å². The third-order valence-corrected chi connectivity index (χ3v) is 2.66. The third kappa shape index (κ3) is 3.56. The van der Waals surface area contributed by atoms with Crippen molar-refractivity contribution in [1.82, 2.24) is 0 Å². The SMILES string of the molecule is COc1c(Cl)cc(Cl)cc1CCC(C)N. The minimum atomic E-state index is 0.160. The highest BCUT2D eigenvalue weighted by Crippen LogP contribution is 2.32. The molecule has 2 nitrogen and oxygen atoms in total. The minimum Gasteiger partial charge on any atom is -0.495 e.